The second-order valence-electron chi connectivity index (χ2n) is 10.5. The molecule has 0 saturated heterocycles. The van der Waals surface area contributed by atoms with Gasteiger partial charge in [-0.2, -0.15) is 17.8 Å². The van der Waals surface area contributed by atoms with E-state index in [1.807, 2.05) is 0 Å². The lowest BCUT2D eigenvalue weighted by Gasteiger charge is -2.27. The van der Waals surface area contributed by atoms with Gasteiger partial charge in [-0.15, -0.1) is 20.6 Å². The third-order valence-electron chi connectivity index (χ3n) is 4.48. The molecule has 0 aliphatic carbocycles. The number of nitrogens with one attached hydrogen (secondary N) is 1. The maximum Gasteiger partial charge on any atom is 0.573 e. The Bertz CT molecular complexity index is 1190. The van der Waals surface area contributed by atoms with Crippen molar-refractivity contribution in [2.75, 3.05) is 49.9 Å². The minimum Gasteiger partial charge on any atom is -0.362 e. The zero-order valence-corrected chi connectivity index (χ0v) is 26.4. The van der Waals surface area contributed by atoms with Crippen molar-refractivity contribution >= 4 is 52.9 Å². The maximum atomic E-state index is 13.2. The van der Waals surface area contributed by atoms with Crippen LogP contribution in [0.5, 0.6) is 0 Å². The van der Waals surface area contributed by atoms with E-state index in [1.54, 1.807) is 41.5 Å². The summed E-state index contributed by atoms with van der Waals surface area (Å²) in [6.07, 6.45) is 0.816. The maximum absolute atomic E-state index is 13.2. The standard InChI is InChI=1S/C22H36ClN4O12PS/c1-21(2,3)38-40(33,39-22(4,5)6)36-12-9-24-20(28)17-14-16(26(29)30)15-18(27(31)32)19(17)25(10-8-23)11-13-37-41(7,34)35/h14-15,33H,8-13H2,1-7H3/p+1. The molecule has 0 fully saturated rings. The number of hydrogen-bond donors (Lipinski definition) is 2. The summed E-state index contributed by atoms with van der Waals surface area (Å²) in [5.74, 6) is -1.04. The Morgan fingerprint density at radius 1 is 1.05 bits per heavy atom. The van der Waals surface area contributed by atoms with Crippen LogP contribution in [0.3, 0.4) is 0 Å². The molecule has 234 valence electrons. The van der Waals surface area contributed by atoms with Gasteiger partial charge in [0.05, 0.1) is 34.3 Å². The van der Waals surface area contributed by atoms with E-state index in [2.05, 4.69) is 5.32 Å². The van der Waals surface area contributed by atoms with Crippen molar-refractivity contribution in [2.45, 2.75) is 52.7 Å². The van der Waals surface area contributed by atoms with Crippen LogP contribution in [0.25, 0.3) is 0 Å². The first-order chi connectivity index (χ1) is 18.6. The molecule has 0 radical (unpaired) electrons. The first-order valence-corrected chi connectivity index (χ1v) is 16.0. The van der Waals surface area contributed by atoms with Crippen molar-refractivity contribution in [3.8, 4) is 0 Å². The Hall–Kier alpha value is -2.24. The highest BCUT2D eigenvalue weighted by Crippen LogP contribution is 2.62. The van der Waals surface area contributed by atoms with Gasteiger partial charge in [0.25, 0.3) is 27.4 Å². The number of non-ortho nitro benzene ring substituents is 1. The lowest BCUT2D eigenvalue weighted by atomic mass is 10.1. The Kier molecular flexibility index (Phi) is 13.3. The minimum absolute atomic E-state index is 0.0915. The predicted octanol–water partition coefficient (Wildman–Crippen LogP) is 3.57. The number of carbonyl (C=O) groups excluding carboxylic acids is 1. The number of nitrogens with zero attached hydrogens (tertiary/aromatic N) is 3. The number of hydrogen-bond acceptors (Lipinski definition) is 13. The average Bonchev–Trinajstić information content (AvgIpc) is 2.76. The molecule has 0 heterocycles. The van der Waals surface area contributed by atoms with Crippen molar-refractivity contribution in [3.05, 3.63) is 37.9 Å². The summed E-state index contributed by atoms with van der Waals surface area (Å²) in [6.45, 7) is 8.71. The average molecular weight is 648 g/mol. The van der Waals surface area contributed by atoms with Crippen molar-refractivity contribution in [1.29, 1.82) is 0 Å². The molecule has 0 bridgehead atoms. The van der Waals surface area contributed by atoms with E-state index >= 15 is 0 Å². The van der Waals surface area contributed by atoms with Gasteiger partial charge < -0.3 is 10.2 Å². The van der Waals surface area contributed by atoms with E-state index in [0.717, 1.165) is 12.3 Å². The smallest absolute Gasteiger partial charge is 0.362 e. The first kappa shape index (κ1) is 36.8. The number of rotatable bonds is 16. The van der Waals surface area contributed by atoms with Crippen LogP contribution in [-0.4, -0.2) is 85.3 Å². The van der Waals surface area contributed by atoms with Crippen LogP contribution >= 0.6 is 19.8 Å². The quantitative estimate of drug-likeness (QED) is 0.0657. The van der Waals surface area contributed by atoms with Gasteiger partial charge in [-0.3, -0.25) is 29.2 Å². The molecular weight excluding hydrogens is 611 g/mol. The topological polar surface area (TPSA) is 210 Å². The van der Waals surface area contributed by atoms with E-state index in [0.29, 0.717) is 6.07 Å². The highest BCUT2D eigenvalue weighted by Gasteiger charge is 2.52. The molecule has 19 heteroatoms. The van der Waals surface area contributed by atoms with Gasteiger partial charge >= 0.3 is 8.17 Å². The highest BCUT2D eigenvalue weighted by atomic mass is 35.5. The van der Waals surface area contributed by atoms with Gasteiger partial charge in [-0.05, 0) is 41.5 Å². The van der Waals surface area contributed by atoms with Crippen LogP contribution in [0.2, 0.25) is 0 Å². The fourth-order valence-corrected chi connectivity index (χ4v) is 5.71. The Labute approximate surface area is 244 Å². The Morgan fingerprint density at radius 2 is 1.61 bits per heavy atom. The molecule has 41 heavy (non-hydrogen) atoms. The number of anilines is 1. The zero-order chi connectivity index (χ0) is 31.8. The van der Waals surface area contributed by atoms with Crippen LogP contribution in [0.1, 0.15) is 51.9 Å². The lowest BCUT2D eigenvalue weighted by Crippen LogP contribution is -2.35. The normalized spacial score (nSPS) is 12.7. The van der Waals surface area contributed by atoms with Crippen LogP contribution < -0.4 is 10.2 Å². The second kappa shape index (κ2) is 14.8. The van der Waals surface area contributed by atoms with E-state index in [9.17, 15) is 38.3 Å². The summed E-state index contributed by atoms with van der Waals surface area (Å²) < 4.78 is 44.2. The van der Waals surface area contributed by atoms with Gasteiger partial charge in [0.1, 0.15) is 23.5 Å². The van der Waals surface area contributed by atoms with Gasteiger partial charge in [0, 0.05) is 31.6 Å². The van der Waals surface area contributed by atoms with Gasteiger partial charge in [-0.25, -0.2) is 0 Å². The van der Waals surface area contributed by atoms with Crippen LogP contribution in [-0.2, 0) is 27.9 Å². The third kappa shape index (κ3) is 13.5. The second-order valence-corrected chi connectivity index (χ2v) is 14.1. The van der Waals surface area contributed by atoms with Gasteiger partial charge in [-0.1, -0.05) is 0 Å². The molecule has 16 nitrogen and oxygen atoms in total. The summed E-state index contributed by atoms with van der Waals surface area (Å²) in [6, 6.07) is 1.54. The lowest BCUT2D eigenvalue weighted by molar-refractivity contribution is -0.393. The van der Waals surface area contributed by atoms with Crippen LogP contribution in [0, 0.1) is 20.2 Å². The fourth-order valence-electron chi connectivity index (χ4n) is 3.27. The molecule has 0 unspecified atom stereocenters. The van der Waals surface area contributed by atoms with Gasteiger partial charge in [0.2, 0.25) is 0 Å². The van der Waals surface area contributed by atoms with Crippen molar-refractivity contribution in [2.24, 2.45) is 0 Å². The number of alkyl halides is 1. The van der Waals surface area contributed by atoms with Crippen molar-refractivity contribution in [1.82, 2.24) is 5.32 Å². The van der Waals surface area contributed by atoms with Crippen LogP contribution in [0.15, 0.2) is 12.1 Å². The number of benzene rings is 1. The van der Waals surface area contributed by atoms with E-state index in [1.165, 1.54) is 4.90 Å². The number of carbonyl (C=O) groups is 1. The van der Waals surface area contributed by atoms with Crippen molar-refractivity contribution < 1.29 is 45.7 Å². The molecular formula is C22H37ClN4O12PS+. The number of nitro benzene ring substituents is 2. The monoisotopic (exact) mass is 647 g/mol. The van der Waals surface area contributed by atoms with Crippen LogP contribution in [0.4, 0.5) is 17.1 Å². The number of halogens is 1. The summed E-state index contributed by atoms with van der Waals surface area (Å²) in [7, 11) is -7.71. The molecule has 0 saturated carbocycles. The fraction of sp³-hybridized carbons (Fsp3) is 0.682. The Morgan fingerprint density at radius 3 is 2.05 bits per heavy atom. The zero-order valence-electron chi connectivity index (χ0n) is 23.9. The molecule has 1 rings (SSSR count). The molecule has 1 aromatic carbocycles. The largest absolute Gasteiger partial charge is 0.573 e. The molecule has 0 aliphatic rings. The molecule has 0 atom stereocenters. The molecule has 0 aromatic heterocycles. The SMILES string of the molecule is CC(C)(C)O[P+](O)(OCCNC(=O)c1cc([N+](=O)[O-])cc([N+](=O)[O-])c1N(CCCl)CCOS(C)(=O)=O)OC(C)(C)C. The molecule has 1 aromatic rings. The summed E-state index contributed by atoms with van der Waals surface area (Å²) >= 11 is 5.86. The first-order valence-electron chi connectivity index (χ1n) is 12.2. The third-order valence-corrected chi connectivity index (χ3v) is 7.31. The highest BCUT2D eigenvalue weighted by molar-refractivity contribution is 7.85. The number of amides is 1. The summed E-state index contributed by atoms with van der Waals surface area (Å²) in [5, 5.41) is 25.8. The summed E-state index contributed by atoms with van der Waals surface area (Å²) in [4.78, 5) is 46.9. The van der Waals surface area contributed by atoms with Crippen molar-refractivity contribution in [3.63, 3.8) is 0 Å². The Balaban J connectivity index is 3.34. The summed E-state index contributed by atoms with van der Waals surface area (Å²) in [5.41, 5.74) is -3.97. The van der Waals surface area contributed by atoms with Gasteiger partial charge in [0.15, 0.2) is 0 Å². The molecule has 0 aliphatic heterocycles. The van der Waals surface area contributed by atoms with E-state index in [-0.39, 0.29) is 37.8 Å². The number of nitro groups is 2. The molecule has 2 N–H and O–H groups in total. The van der Waals surface area contributed by atoms with E-state index < -0.39 is 68.8 Å². The molecule has 1 amide bonds. The predicted molar refractivity (Wildman–Crippen MR) is 153 cm³/mol. The minimum atomic E-state index is -3.86. The molecule has 0 spiro atoms. The van der Waals surface area contributed by atoms with E-state index in [4.69, 9.17) is 29.4 Å².